The van der Waals surface area contributed by atoms with Crippen molar-refractivity contribution in [3.8, 4) is 11.1 Å². The molecule has 0 radical (unpaired) electrons. The van der Waals surface area contributed by atoms with Crippen LogP contribution in [0.2, 0.25) is 0 Å². The monoisotopic (exact) mass is 322 g/mol. The van der Waals surface area contributed by atoms with Gasteiger partial charge in [0.25, 0.3) is 0 Å². The van der Waals surface area contributed by atoms with Crippen LogP contribution in [-0.4, -0.2) is 26.2 Å². The van der Waals surface area contributed by atoms with E-state index in [1.165, 1.54) is 14.2 Å². The van der Waals surface area contributed by atoms with Gasteiger partial charge in [-0.05, 0) is 22.3 Å². The average Bonchev–Trinajstić information content (AvgIpc) is 2.61. The number of benzene rings is 2. The molecule has 0 bridgehead atoms. The number of rotatable bonds is 2. The Hall–Kier alpha value is -2.62. The quantitative estimate of drug-likeness (QED) is 0.797. The lowest BCUT2D eigenvalue weighted by atomic mass is 9.49. The highest BCUT2D eigenvalue weighted by Gasteiger charge is 2.61. The van der Waals surface area contributed by atoms with Gasteiger partial charge in [0.1, 0.15) is 0 Å². The number of carbonyl (C=O) groups excluding carboxylic acids is 2. The minimum atomic E-state index is -0.498. The van der Waals surface area contributed by atoms with Gasteiger partial charge in [0.15, 0.2) is 0 Å². The maximum atomic E-state index is 12.4. The zero-order chi connectivity index (χ0) is 16.8. The fourth-order valence-electron chi connectivity index (χ4n) is 4.45. The molecule has 0 aromatic heterocycles. The van der Waals surface area contributed by atoms with E-state index < -0.39 is 11.8 Å². The Morgan fingerprint density at radius 2 is 1.08 bits per heavy atom. The lowest BCUT2D eigenvalue weighted by molar-refractivity contribution is -0.168. The fourth-order valence-corrected chi connectivity index (χ4v) is 4.45. The van der Waals surface area contributed by atoms with E-state index >= 15 is 0 Å². The highest BCUT2D eigenvalue weighted by Crippen LogP contribution is 2.63. The van der Waals surface area contributed by atoms with Crippen LogP contribution >= 0.6 is 0 Å². The first kappa shape index (κ1) is 14.9. The minimum Gasteiger partial charge on any atom is -0.469 e. The van der Waals surface area contributed by atoms with Gasteiger partial charge in [-0.2, -0.15) is 0 Å². The molecule has 0 heterocycles. The second-order valence-electron chi connectivity index (χ2n) is 6.32. The molecule has 2 aromatic rings. The van der Waals surface area contributed by atoms with Crippen LogP contribution in [0, 0.1) is 11.8 Å². The predicted octanol–water partition coefficient (Wildman–Crippen LogP) is 3.13. The molecule has 0 unspecified atom stereocenters. The Labute approximate surface area is 140 Å². The molecular formula is C20H18O4. The van der Waals surface area contributed by atoms with E-state index in [0.717, 1.165) is 22.3 Å². The number of fused-ring (bicyclic) bond motifs is 6. The number of hydrogen-bond donors (Lipinski definition) is 0. The molecule has 4 atom stereocenters. The van der Waals surface area contributed by atoms with E-state index in [1.807, 2.05) is 36.4 Å². The minimum absolute atomic E-state index is 0.0485. The number of methoxy groups -OCH3 is 2. The molecule has 0 saturated heterocycles. The Kier molecular flexibility index (Phi) is 3.41. The summed E-state index contributed by atoms with van der Waals surface area (Å²) in [6.45, 7) is 0. The molecule has 122 valence electrons. The van der Waals surface area contributed by atoms with Crippen molar-refractivity contribution in [1.29, 1.82) is 0 Å². The summed E-state index contributed by atoms with van der Waals surface area (Å²) in [6, 6.07) is 16.2. The van der Waals surface area contributed by atoms with Crippen molar-refractivity contribution in [2.45, 2.75) is 11.8 Å². The van der Waals surface area contributed by atoms with E-state index in [-0.39, 0.29) is 23.8 Å². The first-order chi connectivity index (χ1) is 11.7. The van der Waals surface area contributed by atoms with Gasteiger partial charge in [0.2, 0.25) is 0 Å². The zero-order valence-corrected chi connectivity index (χ0v) is 13.6. The Balaban J connectivity index is 1.92. The summed E-state index contributed by atoms with van der Waals surface area (Å²) in [4.78, 5) is 24.7. The molecule has 4 nitrogen and oxygen atoms in total. The van der Waals surface area contributed by atoms with Gasteiger partial charge in [-0.15, -0.1) is 0 Å². The van der Waals surface area contributed by atoms with Gasteiger partial charge >= 0.3 is 11.9 Å². The van der Waals surface area contributed by atoms with Gasteiger partial charge in [-0.3, -0.25) is 9.59 Å². The smallest absolute Gasteiger partial charge is 0.310 e. The van der Waals surface area contributed by atoms with E-state index in [1.54, 1.807) is 0 Å². The van der Waals surface area contributed by atoms with E-state index in [4.69, 9.17) is 9.47 Å². The normalized spacial score (nSPS) is 26.2. The van der Waals surface area contributed by atoms with Crippen molar-refractivity contribution in [3.05, 3.63) is 59.7 Å². The molecule has 2 aliphatic rings. The van der Waals surface area contributed by atoms with Crippen molar-refractivity contribution in [3.63, 3.8) is 0 Å². The van der Waals surface area contributed by atoms with Gasteiger partial charge in [0.05, 0.1) is 26.1 Å². The molecular weight excluding hydrogens is 304 g/mol. The van der Waals surface area contributed by atoms with Gasteiger partial charge in [-0.1, -0.05) is 48.5 Å². The number of ether oxygens (including phenoxy) is 2. The average molecular weight is 322 g/mol. The molecule has 0 N–H and O–H groups in total. The van der Waals surface area contributed by atoms with Crippen molar-refractivity contribution in [2.24, 2.45) is 11.8 Å². The molecule has 2 aromatic carbocycles. The number of hydrogen-bond acceptors (Lipinski definition) is 4. The van der Waals surface area contributed by atoms with Gasteiger partial charge < -0.3 is 9.47 Å². The van der Waals surface area contributed by atoms with Crippen LogP contribution in [0.5, 0.6) is 0 Å². The summed E-state index contributed by atoms with van der Waals surface area (Å²) in [6.07, 6.45) is 0. The summed E-state index contributed by atoms with van der Waals surface area (Å²) < 4.78 is 9.97. The second kappa shape index (κ2) is 5.48. The first-order valence-corrected chi connectivity index (χ1v) is 8.03. The van der Waals surface area contributed by atoms with Crippen LogP contribution < -0.4 is 0 Å². The van der Waals surface area contributed by atoms with Crippen LogP contribution in [0.3, 0.4) is 0 Å². The fraction of sp³-hybridized carbons (Fsp3) is 0.300. The highest BCUT2D eigenvalue weighted by atomic mass is 16.5. The number of esters is 2. The third kappa shape index (κ3) is 1.86. The lowest BCUT2D eigenvalue weighted by Gasteiger charge is -2.52. The molecule has 0 spiro atoms. The van der Waals surface area contributed by atoms with Crippen molar-refractivity contribution >= 4 is 11.9 Å². The molecule has 2 aliphatic carbocycles. The molecule has 1 saturated carbocycles. The van der Waals surface area contributed by atoms with Crippen LogP contribution in [0.4, 0.5) is 0 Å². The zero-order valence-electron chi connectivity index (χ0n) is 13.6. The maximum absolute atomic E-state index is 12.4. The van der Waals surface area contributed by atoms with E-state index in [0.29, 0.717) is 0 Å². The van der Waals surface area contributed by atoms with Crippen LogP contribution in [0.25, 0.3) is 11.1 Å². The summed E-state index contributed by atoms with van der Waals surface area (Å²) >= 11 is 0. The summed E-state index contributed by atoms with van der Waals surface area (Å²) in [5, 5.41) is 0. The second-order valence-corrected chi connectivity index (χ2v) is 6.32. The summed E-state index contributed by atoms with van der Waals surface area (Å²) in [7, 11) is 2.74. The molecule has 4 heteroatoms. The Bertz CT molecular complexity index is 756. The molecule has 4 rings (SSSR count). The topological polar surface area (TPSA) is 52.6 Å². The van der Waals surface area contributed by atoms with Gasteiger partial charge in [0, 0.05) is 11.8 Å². The van der Waals surface area contributed by atoms with Crippen molar-refractivity contribution in [2.75, 3.05) is 14.2 Å². The third-order valence-corrected chi connectivity index (χ3v) is 5.42. The maximum Gasteiger partial charge on any atom is 0.310 e. The largest absolute Gasteiger partial charge is 0.469 e. The first-order valence-electron chi connectivity index (χ1n) is 8.03. The molecule has 24 heavy (non-hydrogen) atoms. The summed E-state index contributed by atoms with van der Waals surface area (Å²) in [5.74, 6) is -1.79. The molecule has 0 aliphatic heterocycles. The van der Waals surface area contributed by atoms with Gasteiger partial charge in [-0.25, -0.2) is 0 Å². The Morgan fingerprint density at radius 3 is 1.46 bits per heavy atom. The molecule has 1 fully saturated rings. The van der Waals surface area contributed by atoms with E-state index in [9.17, 15) is 9.59 Å². The van der Waals surface area contributed by atoms with Crippen molar-refractivity contribution in [1.82, 2.24) is 0 Å². The van der Waals surface area contributed by atoms with Crippen LogP contribution in [0.15, 0.2) is 48.5 Å². The number of carbonyl (C=O) groups is 2. The third-order valence-electron chi connectivity index (χ3n) is 5.42. The van der Waals surface area contributed by atoms with Crippen LogP contribution in [0.1, 0.15) is 23.0 Å². The summed E-state index contributed by atoms with van der Waals surface area (Å²) in [5.41, 5.74) is 4.48. The van der Waals surface area contributed by atoms with Crippen LogP contribution in [-0.2, 0) is 19.1 Å². The highest BCUT2D eigenvalue weighted by molar-refractivity contribution is 5.90. The Morgan fingerprint density at radius 1 is 0.708 bits per heavy atom. The standard InChI is InChI=1S/C20H18O4/c1-23-19(21)17-15-13-9-5-3-7-11(13)12-8-4-6-10-14(12)16(15)18(17)20(22)24-2/h3-10,15-18H,1-2H3/t15-,16+,17+,18-. The lowest BCUT2D eigenvalue weighted by Crippen LogP contribution is -2.53. The van der Waals surface area contributed by atoms with Crippen molar-refractivity contribution < 1.29 is 19.1 Å². The molecule has 0 amide bonds. The predicted molar refractivity (Wildman–Crippen MR) is 88.4 cm³/mol. The SMILES string of the molecule is COC(=O)[C@@H]1[C@H](C(=O)OC)[C@H]2c3ccccc3-c3ccccc3[C@@H]12. The van der Waals surface area contributed by atoms with E-state index in [2.05, 4.69) is 12.1 Å².